The highest BCUT2D eigenvalue weighted by Gasteiger charge is 2.05. The first-order valence-electron chi connectivity index (χ1n) is 3.69. The van der Waals surface area contributed by atoms with Crippen LogP contribution in [0.3, 0.4) is 0 Å². The number of thioether (sulfide) groups is 1. The third-order valence-corrected chi connectivity index (χ3v) is 3.78. The number of hydrogen-bond donors (Lipinski definition) is 0. The Balaban J connectivity index is 2.76. The van der Waals surface area contributed by atoms with E-state index in [1.54, 1.807) is 23.1 Å². The lowest BCUT2D eigenvalue weighted by molar-refractivity contribution is 1.31. The molecular weight excluding hydrogens is 200 g/mol. The second-order valence-electron chi connectivity index (χ2n) is 2.45. The third-order valence-electron chi connectivity index (χ3n) is 1.69. The molecule has 64 valence electrons. The lowest BCUT2D eigenvalue weighted by atomic mass is 10.2. The van der Waals surface area contributed by atoms with Crippen LogP contribution in [0.5, 0.6) is 0 Å². The zero-order valence-electron chi connectivity index (χ0n) is 6.94. The Morgan fingerprint density at radius 1 is 1.54 bits per heavy atom. The number of benzene rings is 1. The van der Waals surface area contributed by atoms with Crippen molar-refractivity contribution in [3.8, 4) is 6.07 Å². The summed E-state index contributed by atoms with van der Waals surface area (Å²) in [6.07, 6.45) is 1.99. The average molecular weight is 206 g/mol. The lowest BCUT2D eigenvalue weighted by Gasteiger charge is -1.87. The minimum absolute atomic E-state index is 0.718. The van der Waals surface area contributed by atoms with Gasteiger partial charge in [0.1, 0.15) is 6.07 Å². The molecule has 0 unspecified atom stereocenters. The molecule has 0 atom stereocenters. The highest BCUT2D eigenvalue weighted by molar-refractivity contribution is 8.00. The zero-order valence-corrected chi connectivity index (χ0v) is 8.58. The van der Waals surface area contributed by atoms with Crippen LogP contribution in [-0.2, 0) is 0 Å². The molecule has 1 heterocycles. The molecule has 2 aromatic rings. The Kier molecular flexibility index (Phi) is 2.21. The van der Waals surface area contributed by atoms with E-state index in [1.807, 2.05) is 24.5 Å². The van der Waals surface area contributed by atoms with Gasteiger partial charge in [-0.25, -0.2) is 4.98 Å². The van der Waals surface area contributed by atoms with Gasteiger partial charge in [-0.3, -0.25) is 0 Å². The van der Waals surface area contributed by atoms with Crippen molar-refractivity contribution >= 4 is 33.3 Å². The number of aromatic nitrogens is 1. The molecule has 1 aromatic heterocycles. The maximum atomic E-state index is 8.84. The van der Waals surface area contributed by atoms with Crippen LogP contribution in [0, 0.1) is 11.3 Å². The van der Waals surface area contributed by atoms with Crippen LogP contribution >= 0.6 is 23.1 Å². The Morgan fingerprint density at radius 2 is 2.38 bits per heavy atom. The molecule has 1 aromatic carbocycles. The van der Waals surface area contributed by atoms with Crippen LogP contribution in [0.25, 0.3) is 10.2 Å². The molecule has 0 radical (unpaired) electrons. The number of nitriles is 1. The molecule has 0 bridgehead atoms. The van der Waals surface area contributed by atoms with E-state index in [1.165, 1.54) is 0 Å². The molecule has 0 saturated heterocycles. The molecule has 0 fully saturated rings. The van der Waals surface area contributed by atoms with E-state index in [9.17, 15) is 0 Å². The molecule has 2 rings (SSSR count). The second kappa shape index (κ2) is 3.36. The van der Waals surface area contributed by atoms with Gasteiger partial charge in [0.15, 0.2) is 4.34 Å². The van der Waals surface area contributed by atoms with Gasteiger partial charge in [-0.05, 0) is 18.4 Å². The zero-order chi connectivity index (χ0) is 9.26. The first-order valence-corrected chi connectivity index (χ1v) is 5.73. The summed E-state index contributed by atoms with van der Waals surface area (Å²) in [5, 5.41) is 8.84. The monoisotopic (exact) mass is 206 g/mol. The van der Waals surface area contributed by atoms with Gasteiger partial charge >= 0.3 is 0 Å². The van der Waals surface area contributed by atoms with Gasteiger partial charge in [-0.15, -0.1) is 11.3 Å². The summed E-state index contributed by atoms with van der Waals surface area (Å²) in [6.45, 7) is 0. The van der Waals surface area contributed by atoms with Crippen molar-refractivity contribution in [3.05, 3.63) is 23.8 Å². The normalized spacial score (nSPS) is 10.2. The topological polar surface area (TPSA) is 36.7 Å². The molecule has 13 heavy (non-hydrogen) atoms. The largest absolute Gasteiger partial charge is 0.230 e. The van der Waals surface area contributed by atoms with Crippen LogP contribution in [0.15, 0.2) is 22.5 Å². The summed E-state index contributed by atoms with van der Waals surface area (Å²) in [5.41, 5.74) is 1.64. The van der Waals surface area contributed by atoms with E-state index >= 15 is 0 Å². The number of nitrogens with zero attached hydrogens (tertiary/aromatic N) is 2. The first-order chi connectivity index (χ1) is 6.35. The highest BCUT2D eigenvalue weighted by Crippen LogP contribution is 2.29. The van der Waals surface area contributed by atoms with Gasteiger partial charge < -0.3 is 0 Å². The molecular formula is C9H6N2S2. The number of thiazole rings is 1. The average Bonchev–Trinajstić information content (AvgIpc) is 2.59. The van der Waals surface area contributed by atoms with Crippen LogP contribution in [0.4, 0.5) is 0 Å². The Labute approximate surface area is 84.2 Å². The van der Waals surface area contributed by atoms with E-state index in [0.717, 1.165) is 20.1 Å². The van der Waals surface area contributed by atoms with Crippen molar-refractivity contribution in [2.24, 2.45) is 0 Å². The van der Waals surface area contributed by atoms with Crippen molar-refractivity contribution in [2.75, 3.05) is 6.26 Å². The maximum absolute atomic E-state index is 8.84. The molecule has 0 aliphatic rings. The van der Waals surface area contributed by atoms with Crippen LogP contribution in [0.1, 0.15) is 5.56 Å². The smallest absolute Gasteiger partial charge is 0.150 e. The molecule has 0 saturated carbocycles. The molecule has 4 heteroatoms. The fourth-order valence-corrected chi connectivity index (χ4v) is 2.64. The van der Waals surface area contributed by atoms with Gasteiger partial charge in [0.05, 0.1) is 15.8 Å². The summed E-state index contributed by atoms with van der Waals surface area (Å²) in [6, 6.07) is 7.80. The Morgan fingerprint density at radius 3 is 3.08 bits per heavy atom. The predicted molar refractivity (Wildman–Crippen MR) is 56.1 cm³/mol. The minimum Gasteiger partial charge on any atom is -0.230 e. The van der Waals surface area contributed by atoms with Crippen molar-refractivity contribution in [1.82, 2.24) is 4.98 Å². The molecule has 0 spiro atoms. The predicted octanol–water partition coefficient (Wildman–Crippen LogP) is 2.89. The van der Waals surface area contributed by atoms with Crippen molar-refractivity contribution in [1.29, 1.82) is 5.26 Å². The summed E-state index contributed by atoms with van der Waals surface area (Å²) >= 11 is 3.19. The van der Waals surface area contributed by atoms with E-state index in [4.69, 9.17) is 5.26 Å². The fourth-order valence-electron chi connectivity index (χ4n) is 1.10. The number of hydrogen-bond acceptors (Lipinski definition) is 4. The maximum Gasteiger partial charge on any atom is 0.150 e. The Hall–Kier alpha value is -1.05. The number of rotatable bonds is 1. The van der Waals surface area contributed by atoms with E-state index in [2.05, 4.69) is 11.1 Å². The van der Waals surface area contributed by atoms with Crippen molar-refractivity contribution in [2.45, 2.75) is 4.34 Å². The van der Waals surface area contributed by atoms with Gasteiger partial charge in [-0.2, -0.15) is 5.26 Å². The van der Waals surface area contributed by atoms with E-state index in [0.29, 0.717) is 0 Å². The van der Waals surface area contributed by atoms with Gasteiger partial charge in [0.2, 0.25) is 0 Å². The van der Waals surface area contributed by atoms with Crippen LogP contribution in [0.2, 0.25) is 0 Å². The van der Waals surface area contributed by atoms with Gasteiger partial charge in [0.25, 0.3) is 0 Å². The third kappa shape index (κ3) is 1.41. The van der Waals surface area contributed by atoms with Gasteiger partial charge in [0, 0.05) is 0 Å². The molecule has 0 amide bonds. The summed E-state index contributed by atoms with van der Waals surface area (Å²) in [7, 11) is 0. The van der Waals surface area contributed by atoms with E-state index in [-0.39, 0.29) is 0 Å². The van der Waals surface area contributed by atoms with E-state index < -0.39 is 0 Å². The van der Waals surface area contributed by atoms with Crippen LogP contribution < -0.4 is 0 Å². The molecule has 0 aliphatic heterocycles. The standard InChI is InChI=1S/C9H6N2S2/c1-12-9-11-7-4-2-3-6(5-10)8(7)13-9/h2-4H,1H3. The van der Waals surface area contributed by atoms with Gasteiger partial charge in [-0.1, -0.05) is 17.8 Å². The number of fused-ring (bicyclic) bond motifs is 1. The first kappa shape index (κ1) is 8.54. The van der Waals surface area contributed by atoms with Crippen molar-refractivity contribution in [3.63, 3.8) is 0 Å². The van der Waals surface area contributed by atoms with Crippen LogP contribution in [-0.4, -0.2) is 11.2 Å². The summed E-state index contributed by atoms with van der Waals surface area (Å²) in [5.74, 6) is 0. The SMILES string of the molecule is CSc1nc2cccc(C#N)c2s1. The summed E-state index contributed by atoms with van der Waals surface area (Å²) < 4.78 is 2.01. The quantitative estimate of drug-likeness (QED) is 0.673. The summed E-state index contributed by atoms with van der Waals surface area (Å²) in [4.78, 5) is 4.37. The lowest BCUT2D eigenvalue weighted by Crippen LogP contribution is -1.73. The Bertz CT molecular complexity index is 482. The fraction of sp³-hybridized carbons (Fsp3) is 0.111. The van der Waals surface area contributed by atoms with Crippen molar-refractivity contribution < 1.29 is 0 Å². The molecule has 0 N–H and O–H groups in total. The molecule has 0 aliphatic carbocycles. The minimum atomic E-state index is 0.718. The highest BCUT2D eigenvalue weighted by atomic mass is 32.2. The second-order valence-corrected chi connectivity index (χ2v) is 4.50. The molecule has 2 nitrogen and oxygen atoms in total.